The Bertz CT molecular complexity index is 349. The highest BCUT2D eigenvalue weighted by Gasteiger charge is 2.15. The molecule has 0 aliphatic rings. The third kappa shape index (κ3) is 2.09. The fourth-order valence-electron chi connectivity index (χ4n) is 0.713. The van der Waals surface area contributed by atoms with Gasteiger partial charge in [-0.3, -0.25) is 0 Å². The van der Waals surface area contributed by atoms with Crippen LogP contribution in [0.1, 0.15) is 17.7 Å². The summed E-state index contributed by atoms with van der Waals surface area (Å²) in [6.45, 7) is 0. The van der Waals surface area contributed by atoms with Crippen molar-refractivity contribution >= 4 is 22.6 Å². The summed E-state index contributed by atoms with van der Waals surface area (Å²) >= 11 is 1.54. The molecule has 0 radical (unpaired) electrons. The van der Waals surface area contributed by atoms with Crippen LogP contribution in [0.25, 0.3) is 0 Å². The molecule has 1 rings (SSSR count). The number of alkyl halides is 2. The predicted octanol–water partition coefficient (Wildman–Crippen LogP) is 2.63. The Balaban J connectivity index is 3.30. The van der Waals surface area contributed by atoms with Gasteiger partial charge in [0.25, 0.3) is 6.43 Å². The van der Waals surface area contributed by atoms with Crippen LogP contribution in [0.3, 0.4) is 0 Å². The van der Waals surface area contributed by atoms with Gasteiger partial charge in [-0.2, -0.15) is 5.26 Å². The number of pyridine rings is 1. The summed E-state index contributed by atoms with van der Waals surface area (Å²) in [5.74, 6) is -0.961. The van der Waals surface area contributed by atoms with Crippen molar-refractivity contribution in [3.8, 4) is 6.07 Å². The minimum Gasteiger partial charge on any atom is -0.239 e. The fraction of sp³-hybridized carbons (Fsp3) is 0.143. The van der Waals surface area contributed by atoms with Gasteiger partial charge in [-0.25, -0.2) is 18.2 Å². The maximum atomic E-state index is 12.9. The largest absolute Gasteiger partial charge is 0.280 e. The summed E-state index contributed by atoms with van der Waals surface area (Å²) < 4.78 is 36.9. The number of rotatable bonds is 1. The molecule has 0 saturated heterocycles. The molecule has 1 aromatic heterocycles. The van der Waals surface area contributed by atoms with E-state index in [2.05, 4.69) is 4.98 Å². The number of nitrogens with zero attached hydrogens (tertiary/aromatic N) is 2. The molecule has 0 fully saturated rings. The molecule has 0 bridgehead atoms. The lowest BCUT2D eigenvalue weighted by Crippen LogP contribution is -1.99. The fourth-order valence-corrected chi connectivity index (χ4v) is 1.37. The topological polar surface area (TPSA) is 36.7 Å². The van der Waals surface area contributed by atoms with Gasteiger partial charge in [0.15, 0.2) is 0 Å². The Kier molecular flexibility index (Phi) is 3.08. The van der Waals surface area contributed by atoms with Crippen LogP contribution in [0.5, 0.6) is 0 Å². The van der Waals surface area contributed by atoms with Gasteiger partial charge >= 0.3 is 0 Å². The lowest BCUT2D eigenvalue weighted by atomic mass is 10.2. The standard InChI is InChI=1S/C7H2F3IN2/c8-4-1-5(6(9)10)13-7(11)3(4)2-12/h1,6H. The normalized spacial score (nSPS) is 10.2. The minimum atomic E-state index is -2.82. The van der Waals surface area contributed by atoms with Crippen LogP contribution in [0.2, 0.25) is 0 Å². The number of hydrogen-bond donors (Lipinski definition) is 0. The van der Waals surface area contributed by atoms with Gasteiger partial charge in [0.1, 0.15) is 26.8 Å². The average molecular weight is 298 g/mol. The highest BCUT2D eigenvalue weighted by molar-refractivity contribution is 14.1. The molecule has 1 heterocycles. The lowest BCUT2D eigenvalue weighted by molar-refractivity contribution is 0.145. The molecule has 1 aromatic rings. The number of halogens is 4. The van der Waals surface area contributed by atoms with Gasteiger partial charge in [-0.1, -0.05) is 0 Å². The van der Waals surface area contributed by atoms with Crippen LogP contribution in [0.4, 0.5) is 13.2 Å². The zero-order valence-electron chi connectivity index (χ0n) is 6.06. The van der Waals surface area contributed by atoms with Gasteiger partial charge in [-0.05, 0) is 22.6 Å². The van der Waals surface area contributed by atoms with Crippen molar-refractivity contribution < 1.29 is 13.2 Å². The summed E-state index contributed by atoms with van der Waals surface area (Å²) in [4.78, 5) is 3.38. The van der Waals surface area contributed by atoms with Crippen molar-refractivity contribution in [1.82, 2.24) is 4.98 Å². The van der Waals surface area contributed by atoms with Crippen molar-refractivity contribution in [1.29, 1.82) is 5.26 Å². The zero-order chi connectivity index (χ0) is 10.0. The molecule has 13 heavy (non-hydrogen) atoms. The smallest absolute Gasteiger partial charge is 0.239 e. The molecule has 0 aromatic carbocycles. The predicted molar refractivity (Wildman–Crippen MR) is 46.6 cm³/mol. The van der Waals surface area contributed by atoms with Crippen molar-refractivity contribution in [2.45, 2.75) is 6.43 Å². The Hall–Kier alpha value is -0.840. The van der Waals surface area contributed by atoms with E-state index < -0.39 is 17.9 Å². The summed E-state index contributed by atoms with van der Waals surface area (Å²) in [5, 5.41) is 8.41. The third-order valence-corrected chi connectivity index (χ3v) is 2.06. The van der Waals surface area contributed by atoms with Crippen molar-refractivity contribution in [2.75, 3.05) is 0 Å². The second kappa shape index (κ2) is 3.91. The van der Waals surface area contributed by atoms with Crippen LogP contribution >= 0.6 is 22.6 Å². The van der Waals surface area contributed by atoms with E-state index in [9.17, 15) is 13.2 Å². The monoisotopic (exact) mass is 298 g/mol. The summed E-state index contributed by atoms with van der Waals surface area (Å²) in [6, 6.07) is 2.11. The first-order valence-corrected chi connectivity index (χ1v) is 4.18. The van der Waals surface area contributed by atoms with Gasteiger partial charge in [0.05, 0.1) is 0 Å². The van der Waals surface area contributed by atoms with Gasteiger partial charge in [-0.15, -0.1) is 0 Å². The van der Waals surface area contributed by atoms with E-state index in [4.69, 9.17) is 5.26 Å². The van der Waals surface area contributed by atoms with Crippen LogP contribution < -0.4 is 0 Å². The Labute approximate surface area is 85.5 Å². The molecule has 0 amide bonds. The molecular weight excluding hydrogens is 296 g/mol. The van der Waals surface area contributed by atoms with E-state index in [1.165, 1.54) is 28.7 Å². The summed E-state index contributed by atoms with van der Waals surface area (Å²) in [7, 11) is 0. The molecule has 0 unspecified atom stereocenters. The highest BCUT2D eigenvalue weighted by Crippen LogP contribution is 2.21. The van der Waals surface area contributed by atoms with Gasteiger partial charge < -0.3 is 0 Å². The number of aromatic nitrogens is 1. The number of hydrogen-bond acceptors (Lipinski definition) is 2. The quantitative estimate of drug-likeness (QED) is 0.590. The van der Waals surface area contributed by atoms with E-state index in [0.29, 0.717) is 6.07 Å². The highest BCUT2D eigenvalue weighted by atomic mass is 127. The van der Waals surface area contributed by atoms with Gasteiger partial charge in [0.2, 0.25) is 0 Å². The van der Waals surface area contributed by atoms with Crippen LogP contribution in [0, 0.1) is 20.8 Å². The SMILES string of the molecule is N#Cc1c(F)cc(C(F)F)nc1I. The lowest BCUT2D eigenvalue weighted by Gasteiger charge is -2.01. The van der Waals surface area contributed by atoms with Crippen molar-refractivity contribution in [3.05, 3.63) is 26.8 Å². The van der Waals surface area contributed by atoms with E-state index in [-0.39, 0.29) is 9.26 Å². The maximum absolute atomic E-state index is 12.9. The first kappa shape index (κ1) is 10.2. The van der Waals surface area contributed by atoms with Crippen molar-refractivity contribution in [3.63, 3.8) is 0 Å². The Morgan fingerprint density at radius 3 is 2.54 bits per heavy atom. The van der Waals surface area contributed by atoms with Gasteiger partial charge in [0, 0.05) is 6.07 Å². The average Bonchev–Trinajstić information content (AvgIpc) is 2.03. The minimum absolute atomic E-state index is 0.0459. The van der Waals surface area contributed by atoms with Crippen LogP contribution in [-0.2, 0) is 0 Å². The Morgan fingerprint density at radius 2 is 2.15 bits per heavy atom. The Morgan fingerprint density at radius 1 is 1.54 bits per heavy atom. The van der Waals surface area contributed by atoms with Crippen molar-refractivity contribution in [2.24, 2.45) is 0 Å². The summed E-state index contributed by atoms with van der Waals surface area (Å²) in [6.07, 6.45) is -2.82. The first-order chi connectivity index (χ1) is 6.06. The zero-order valence-corrected chi connectivity index (χ0v) is 8.22. The van der Waals surface area contributed by atoms with E-state index in [1.807, 2.05) is 0 Å². The maximum Gasteiger partial charge on any atom is 0.280 e. The molecule has 0 N–H and O–H groups in total. The number of nitriles is 1. The van der Waals surface area contributed by atoms with Crippen LogP contribution in [-0.4, -0.2) is 4.98 Å². The third-order valence-electron chi connectivity index (χ3n) is 1.28. The van der Waals surface area contributed by atoms with Crippen LogP contribution in [0.15, 0.2) is 6.07 Å². The van der Waals surface area contributed by atoms with E-state index in [0.717, 1.165) is 0 Å². The first-order valence-electron chi connectivity index (χ1n) is 3.10. The molecule has 68 valence electrons. The van der Waals surface area contributed by atoms with E-state index in [1.54, 1.807) is 0 Å². The molecule has 6 heteroatoms. The molecule has 0 aliphatic heterocycles. The molecule has 0 atom stereocenters. The second-order valence-electron chi connectivity index (χ2n) is 2.11. The molecule has 0 aliphatic carbocycles. The van der Waals surface area contributed by atoms with E-state index >= 15 is 0 Å². The molecule has 0 saturated carbocycles. The molecular formula is C7H2F3IN2. The molecule has 2 nitrogen and oxygen atoms in total. The molecule has 0 spiro atoms. The second-order valence-corrected chi connectivity index (χ2v) is 3.13. The summed E-state index contributed by atoms with van der Waals surface area (Å²) in [5.41, 5.74) is -0.953.